The summed E-state index contributed by atoms with van der Waals surface area (Å²) >= 11 is 0. The Morgan fingerprint density at radius 3 is 1.54 bits per heavy atom. The summed E-state index contributed by atoms with van der Waals surface area (Å²) in [6, 6.07) is 70.3. The topological polar surface area (TPSA) is 13.8 Å². The molecule has 5 heterocycles. The molecule has 0 N–H and O–H groups in total. The molecule has 15 rings (SSSR count). The molecule has 5 aromatic heterocycles. The van der Waals surface area contributed by atoms with Crippen LogP contribution in [0, 0.1) is 0 Å². The van der Waals surface area contributed by atoms with Crippen LogP contribution in [0.3, 0.4) is 0 Å². The van der Waals surface area contributed by atoms with Crippen molar-refractivity contribution in [2.75, 3.05) is 0 Å². The van der Waals surface area contributed by atoms with Crippen LogP contribution in [0.5, 0.6) is 0 Å². The Hall–Kier alpha value is -7.88. The van der Waals surface area contributed by atoms with Gasteiger partial charge < -0.3 is 13.4 Å². The van der Waals surface area contributed by atoms with Crippen LogP contribution >= 0.6 is 0 Å². The molecule has 0 spiro atoms. The fourth-order valence-corrected chi connectivity index (χ4v) is 11.3. The first kappa shape index (κ1) is 30.3. The highest BCUT2D eigenvalue weighted by Gasteiger charge is 2.25. The van der Waals surface area contributed by atoms with Gasteiger partial charge in [-0.25, -0.2) is 0 Å². The van der Waals surface area contributed by atoms with E-state index in [2.05, 4.69) is 201 Å². The van der Waals surface area contributed by atoms with E-state index in [1.54, 1.807) is 0 Å². The standard InChI is InChI=1S/C56H31N3/c1-2-14-35(15-3-1)57-48-23-9-8-18-38(48)44-29-34(25-27-49(44)57)52-36-16-6-5-13-33(36)28-47-42-22-11-21-41-46-30-50-45(31-51(46)59(55(41)42)56(47)52)40-20-10-19-39-43-26-24-32-12-4-7-17-37(32)53(43)58(50)54(39)40/h1-31H. The van der Waals surface area contributed by atoms with Crippen molar-refractivity contribution in [1.82, 2.24) is 13.4 Å². The second-order valence-corrected chi connectivity index (χ2v) is 16.4. The molecule has 0 aliphatic heterocycles. The van der Waals surface area contributed by atoms with Crippen molar-refractivity contribution in [3.8, 4) is 16.8 Å². The number of hydrogen-bond acceptors (Lipinski definition) is 0. The predicted octanol–water partition coefficient (Wildman–Crippen LogP) is 15.1. The zero-order valence-corrected chi connectivity index (χ0v) is 31.7. The molecule has 0 saturated carbocycles. The molecular formula is C56H31N3. The molecule has 0 fully saturated rings. The number of para-hydroxylation sites is 4. The highest BCUT2D eigenvalue weighted by Crippen LogP contribution is 2.49. The number of hydrogen-bond donors (Lipinski definition) is 0. The highest BCUT2D eigenvalue weighted by atomic mass is 15.0. The van der Waals surface area contributed by atoms with Crippen molar-refractivity contribution < 1.29 is 0 Å². The fourth-order valence-electron chi connectivity index (χ4n) is 11.3. The van der Waals surface area contributed by atoms with Gasteiger partial charge in [0.1, 0.15) is 0 Å². The average Bonchev–Trinajstić information content (AvgIpc) is 4.08. The summed E-state index contributed by atoms with van der Waals surface area (Å²) in [6.45, 7) is 0. The van der Waals surface area contributed by atoms with E-state index in [4.69, 9.17) is 0 Å². The second kappa shape index (κ2) is 10.5. The van der Waals surface area contributed by atoms with Gasteiger partial charge in [0.2, 0.25) is 0 Å². The SMILES string of the molecule is c1ccc(-n2c3ccccc3c3cc(-c4c5ccccc5cc5c6cccc7c8cc9c(cc8n(c45)c76)c4cccc5c6ccc7ccccc7c6n9c45)ccc32)cc1. The smallest absolute Gasteiger partial charge is 0.0626 e. The lowest BCUT2D eigenvalue weighted by molar-refractivity contribution is 1.18. The molecule has 0 radical (unpaired) electrons. The molecular weight excluding hydrogens is 715 g/mol. The first-order valence-corrected chi connectivity index (χ1v) is 20.5. The zero-order valence-electron chi connectivity index (χ0n) is 31.7. The third-order valence-electron chi connectivity index (χ3n) is 13.6. The van der Waals surface area contributed by atoms with Crippen LogP contribution < -0.4 is 0 Å². The number of rotatable bonds is 2. The van der Waals surface area contributed by atoms with E-state index in [1.807, 2.05) is 0 Å². The van der Waals surface area contributed by atoms with Crippen molar-refractivity contribution in [2.45, 2.75) is 0 Å². The van der Waals surface area contributed by atoms with Crippen molar-refractivity contribution in [2.24, 2.45) is 0 Å². The molecule has 10 aromatic carbocycles. The number of benzene rings is 10. The molecule has 3 heteroatoms. The van der Waals surface area contributed by atoms with Crippen molar-refractivity contribution >= 4 is 120 Å². The van der Waals surface area contributed by atoms with Gasteiger partial charge in [-0.2, -0.15) is 0 Å². The van der Waals surface area contributed by atoms with E-state index in [-0.39, 0.29) is 0 Å². The van der Waals surface area contributed by atoms with Gasteiger partial charge in [0, 0.05) is 70.5 Å². The Labute approximate surface area is 336 Å². The Morgan fingerprint density at radius 2 is 0.780 bits per heavy atom. The Morgan fingerprint density at radius 1 is 0.254 bits per heavy atom. The van der Waals surface area contributed by atoms with E-state index in [0.29, 0.717) is 0 Å². The van der Waals surface area contributed by atoms with Crippen molar-refractivity contribution in [3.05, 3.63) is 188 Å². The number of fused-ring (bicyclic) bond motifs is 18. The first-order valence-electron chi connectivity index (χ1n) is 20.5. The van der Waals surface area contributed by atoms with Crippen LogP contribution in [-0.4, -0.2) is 13.4 Å². The quantitative estimate of drug-likeness (QED) is 0.167. The van der Waals surface area contributed by atoms with Gasteiger partial charge in [-0.1, -0.05) is 140 Å². The van der Waals surface area contributed by atoms with Crippen LogP contribution in [0.25, 0.3) is 136 Å². The minimum Gasteiger partial charge on any atom is -0.309 e. The summed E-state index contributed by atoms with van der Waals surface area (Å²) in [6.07, 6.45) is 0. The van der Waals surface area contributed by atoms with Gasteiger partial charge in [-0.3, -0.25) is 0 Å². The number of aromatic nitrogens is 3. The Balaban J connectivity index is 1.11. The molecule has 0 unspecified atom stereocenters. The molecule has 59 heavy (non-hydrogen) atoms. The van der Waals surface area contributed by atoms with E-state index in [0.717, 1.165) is 0 Å². The average molecular weight is 746 g/mol. The van der Waals surface area contributed by atoms with Crippen LogP contribution in [0.2, 0.25) is 0 Å². The summed E-state index contributed by atoms with van der Waals surface area (Å²) in [5.41, 5.74) is 13.8. The summed E-state index contributed by atoms with van der Waals surface area (Å²) < 4.78 is 7.57. The second-order valence-electron chi connectivity index (χ2n) is 16.4. The van der Waals surface area contributed by atoms with Crippen molar-refractivity contribution in [3.63, 3.8) is 0 Å². The van der Waals surface area contributed by atoms with E-state index in [1.165, 1.54) is 136 Å². The van der Waals surface area contributed by atoms with E-state index >= 15 is 0 Å². The maximum Gasteiger partial charge on any atom is 0.0626 e. The predicted molar refractivity (Wildman–Crippen MR) is 251 cm³/mol. The first-order chi connectivity index (χ1) is 29.3. The van der Waals surface area contributed by atoms with Gasteiger partial charge >= 0.3 is 0 Å². The summed E-state index contributed by atoms with van der Waals surface area (Å²) in [7, 11) is 0. The van der Waals surface area contributed by atoms with Gasteiger partial charge in [-0.05, 0) is 70.3 Å². The van der Waals surface area contributed by atoms with Crippen molar-refractivity contribution in [1.29, 1.82) is 0 Å². The molecule has 270 valence electrons. The normalized spacial score (nSPS) is 12.7. The molecule has 3 nitrogen and oxygen atoms in total. The third-order valence-corrected chi connectivity index (χ3v) is 13.6. The lowest BCUT2D eigenvalue weighted by atomic mass is 9.93. The van der Waals surface area contributed by atoms with Crippen LogP contribution in [-0.2, 0) is 0 Å². The largest absolute Gasteiger partial charge is 0.309 e. The molecule has 0 bridgehead atoms. The van der Waals surface area contributed by atoms with E-state index in [9.17, 15) is 0 Å². The molecule has 0 saturated heterocycles. The van der Waals surface area contributed by atoms with E-state index < -0.39 is 0 Å². The van der Waals surface area contributed by atoms with Crippen LogP contribution in [0.4, 0.5) is 0 Å². The highest BCUT2D eigenvalue weighted by molar-refractivity contribution is 6.32. The fraction of sp³-hybridized carbons (Fsp3) is 0. The van der Waals surface area contributed by atoms with Crippen LogP contribution in [0.1, 0.15) is 0 Å². The maximum atomic E-state index is 2.61. The van der Waals surface area contributed by atoms with Gasteiger partial charge in [0.15, 0.2) is 0 Å². The lowest BCUT2D eigenvalue weighted by Gasteiger charge is -2.13. The minimum atomic E-state index is 1.17. The van der Waals surface area contributed by atoms with Gasteiger partial charge in [0.05, 0.1) is 44.1 Å². The minimum absolute atomic E-state index is 1.17. The molecule has 0 aliphatic rings. The molecule has 0 aliphatic carbocycles. The zero-order chi connectivity index (χ0) is 38.1. The molecule has 0 amide bonds. The maximum absolute atomic E-state index is 2.61. The summed E-state index contributed by atoms with van der Waals surface area (Å²) in [5.74, 6) is 0. The molecule has 0 atom stereocenters. The Bertz CT molecular complexity index is 4290. The van der Waals surface area contributed by atoms with Crippen LogP contribution in [0.15, 0.2) is 188 Å². The van der Waals surface area contributed by atoms with Gasteiger partial charge in [0.25, 0.3) is 0 Å². The lowest BCUT2D eigenvalue weighted by Crippen LogP contribution is -1.93. The summed E-state index contributed by atoms with van der Waals surface area (Å²) in [4.78, 5) is 0. The molecule has 15 aromatic rings. The number of nitrogens with zero attached hydrogens (tertiary/aromatic N) is 3. The summed E-state index contributed by atoms with van der Waals surface area (Å²) in [5, 5.41) is 18.0. The monoisotopic (exact) mass is 745 g/mol. The Kier molecular flexibility index (Phi) is 5.41. The third kappa shape index (κ3) is 3.62. The van der Waals surface area contributed by atoms with Gasteiger partial charge in [-0.15, -0.1) is 0 Å².